The summed E-state index contributed by atoms with van der Waals surface area (Å²) in [6, 6.07) is 0. The zero-order chi connectivity index (χ0) is 7.14. The van der Waals surface area contributed by atoms with E-state index in [1.165, 1.54) is 16.9 Å². The Balaban J connectivity index is 2.90. The van der Waals surface area contributed by atoms with Gasteiger partial charge in [0.15, 0.2) is 15.6 Å². The average Bonchev–Trinajstić information content (AvgIpc) is 2.35. The molecule has 0 aliphatic heterocycles. The van der Waals surface area contributed by atoms with Gasteiger partial charge in [-0.1, -0.05) is 11.3 Å². The minimum absolute atomic E-state index is 0.102. The minimum atomic E-state index is 0.102. The highest BCUT2D eigenvalue weighted by Gasteiger charge is 2.05. The van der Waals surface area contributed by atoms with Crippen LogP contribution >= 0.6 is 11.3 Å². The molecule has 2 N–H and O–H groups in total. The number of fused-ring (bicyclic) bond motifs is 1. The molecule has 0 bridgehead atoms. The Bertz CT molecular complexity index is 364. The van der Waals surface area contributed by atoms with Crippen molar-refractivity contribution in [1.82, 2.24) is 9.61 Å². The molecule has 0 saturated carbocycles. The van der Waals surface area contributed by atoms with E-state index in [0.717, 1.165) is 11.3 Å². The number of aromatic nitrogens is 2. The summed E-state index contributed by atoms with van der Waals surface area (Å²) in [6.07, 6.45) is 2.78. The van der Waals surface area contributed by atoms with Gasteiger partial charge in [0.05, 0.1) is 12.4 Å². The third-order valence-electron chi connectivity index (χ3n) is 1.17. The van der Waals surface area contributed by atoms with Gasteiger partial charge in [0.25, 0.3) is 0 Å². The van der Waals surface area contributed by atoms with E-state index in [2.05, 4.69) is 5.10 Å². The summed E-state index contributed by atoms with van der Waals surface area (Å²) in [6.45, 7) is 0. The van der Waals surface area contributed by atoms with E-state index in [4.69, 9.17) is 10.2 Å². The van der Waals surface area contributed by atoms with E-state index < -0.39 is 0 Å². The van der Waals surface area contributed by atoms with Gasteiger partial charge in [-0.2, -0.15) is 5.10 Å². The second-order valence-electron chi connectivity index (χ2n) is 1.85. The molecule has 2 aromatic heterocycles. The van der Waals surface area contributed by atoms with Gasteiger partial charge in [-0.05, 0) is 0 Å². The maximum atomic E-state index is 9.04. The summed E-state index contributed by atoms with van der Waals surface area (Å²) < 4.78 is 1.43. The molecule has 0 spiro atoms. The van der Waals surface area contributed by atoms with Crippen molar-refractivity contribution < 1.29 is 10.2 Å². The Morgan fingerprint density at radius 2 is 2.30 bits per heavy atom. The zero-order valence-corrected chi connectivity index (χ0v) is 5.67. The van der Waals surface area contributed by atoms with Gasteiger partial charge < -0.3 is 10.2 Å². The highest BCUT2D eigenvalue weighted by Crippen LogP contribution is 2.29. The summed E-state index contributed by atoms with van der Waals surface area (Å²) in [5.41, 5.74) is 0. The summed E-state index contributed by atoms with van der Waals surface area (Å²) in [5, 5.41) is 21.9. The lowest BCUT2D eigenvalue weighted by atomic mass is 10.7. The summed E-state index contributed by atoms with van der Waals surface area (Å²) in [4.78, 5) is 0.567. The van der Waals surface area contributed by atoms with Gasteiger partial charge in [-0.25, -0.2) is 4.52 Å². The highest BCUT2D eigenvalue weighted by molar-refractivity contribution is 7.19. The second-order valence-corrected chi connectivity index (χ2v) is 2.86. The predicted molar refractivity (Wildman–Crippen MR) is 36.4 cm³/mol. The molecule has 2 aromatic rings. The molecule has 0 aromatic carbocycles. The fourth-order valence-corrected chi connectivity index (χ4v) is 1.46. The van der Waals surface area contributed by atoms with E-state index in [0.29, 0.717) is 4.83 Å². The monoisotopic (exact) mass is 156 g/mol. The number of rotatable bonds is 0. The van der Waals surface area contributed by atoms with Crippen LogP contribution in [0.5, 0.6) is 10.8 Å². The molecule has 0 unspecified atom stereocenters. The first-order valence-electron chi connectivity index (χ1n) is 2.62. The molecule has 2 rings (SSSR count). The molecule has 0 fully saturated rings. The molecule has 0 atom stereocenters. The maximum absolute atomic E-state index is 9.04. The third-order valence-corrected chi connectivity index (χ3v) is 2.07. The van der Waals surface area contributed by atoms with Crippen molar-refractivity contribution in [1.29, 1.82) is 0 Å². The normalized spacial score (nSPS) is 10.8. The largest absolute Gasteiger partial charge is 0.504 e. The molecule has 5 heteroatoms. The van der Waals surface area contributed by atoms with Crippen LogP contribution in [0.25, 0.3) is 4.83 Å². The van der Waals surface area contributed by atoms with Crippen LogP contribution in [0.1, 0.15) is 0 Å². The van der Waals surface area contributed by atoms with Crippen molar-refractivity contribution in [2.45, 2.75) is 0 Å². The van der Waals surface area contributed by atoms with Gasteiger partial charge >= 0.3 is 0 Å². The van der Waals surface area contributed by atoms with E-state index in [1.54, 1.807) is 0 Å². The number of aromatic hydroxyl groups is 2. The molecule has 0 aliphatic carbocycles. The van der Waals surface area contributed by atoms with Crippen molar-refractivity contribution in [2.24, 2.45) is 0 Å². The Morgan fingerprint density at radius 3 is 3.00 bits per heavy atom. The lowest BCUT2D eigenvalue weighted by Crippen LogP contribution is -1.74. The average molecular weight is 156 g/mol. The van der Waals surface area contributed by atoms with Crippen LogP contribution in [0.4, 0.5) is 0 Å². The van der Waals surface area contributed by atoms with Crippen molar-refractivity contribution in [3.63, 3.8) is 0 Å². The van der Waals surface area contributed by atoms with Gasteiger partial charge in [0, 0.05) is 0 Å². The number of hydrogen-bond acceptors (Lipinski definition) is 4. The SMILES string of the molecule is Oc1cn2ncc(O)c2s1. The Morgan fingerprint density at radius 1 is 1.50 bits per heavy atom. The highest BCUT2D eigenvalue weighted by atomic mass is 32.1. The van der Waals surface area contributed by atoms with Gasteiger partial charge in [0.2, 0.25) is 0 Å². The fraction of sp³-hybridized carbons (Fsp3) is 0. The van der Waals surface area contributed by atoms with Crippen molar-refractivity contribution in [2.75, 3.05) is 0 Å². The van der Waals surface area contributed by atoms with Crippen molar-refractivity contribution in [3.8, 4) is 10.8 Å². The molecule has 0 radical (unpaired) electrons. The zero-order valence-electron chi connectivity index (χ0n) is 4.85. The van der Waals surface area contributed by atoms with Crippen molar-refractivity contribution >= 4 is 16.2 Å². The van der Waals surface area contributed by atoms with Crippen LogP contribution in [0.2, 0.25) is 0 Å². The van der Waals surface area contributed by atoms with Gasteiger partial charge in [-0.15, -0.1) is 0 Å². The molecular formula is C5H4N2O2S. The van der Waals surface area contributed by atoms with Crippen molar-refractivity contribution in [3.05, 3.63) is 12.4 Å². The Labute approximate surface area is 60.0 Å². The molecule has 0 aliphatic rings. The first kappa shape index (κ1) is 5.55. The van der Waals surface area contributed by atoms with Crippen LogP contribution in [0.15, 0.2) is 12.4 Å². The molecule has 10 heavy (non-hydrogen) atoms. The second kappa shape index (κ2) is 1.63. The number of thiazole rings is 1. The molecule has 0 amide bonds. The van der Waals surface area contributed by atoms with Crippen LogP contribution in [-0.2, 0) is 0 Å². The minimum Gasteiger partial charge on any atom is -0.504 e. The molecular weight excluding hydrogens is 152 g/mol. The summed E-state index contributed by atoms with van der Waals surface area (Å²) >= 11 is 1.09. The van der Waals surface area contributed by atoms with E-state index in [9.17, 15) is 0 Å². The molecule has 0 saturated heterocycles. The lowest BCUT2D eigenvalue weighted by molar-refractivity contribution is 0.481. The van der Waals surface area contributed by atoms with Crippen LogP contribution in [0, 0.1) is 0 Å². The van der Waals surface area contributed by atoms with Crippen LogP contribution < -0.4 is 0 Å². The number of hydrogen-bond donors (Lipinski definition) is 2. The third kappa shape index (κ3) is 0.577. The topological polar surface area (TPSA) is 57.8 Å². The standard InChI is InChI=1S/C5H4N2O2S/c8-3-1-6-7-2-4(9)10-5(3)7/h1-2,8-9H. The molecule has 2 heterocycles. The fourth-order valence-electron chi connectivity index (χ4n) is 0.763. The Hall–Kier alpha value is -1.23. The van der Waals surface area contributed by atoms with Crippen LogP contribution in [0.3, 0.4) is 0 Å². The summed E-state index contributed by atoms with van der Waals surface area (Å²) in [7, 11) is 0. The Kier molecular flexibility index (Phi) is 0.906. The first-order valence-corrected chi connectivity index (χ1v) is 3.44. The molecule has 52 valence electrons. The van der Waals surface area contributed by atoms with Gasteiger partial charge in [-0.3, -0.25) is 0 Å². The maximum Gasteiger partial charge on any atom is 0.192 e. The smallest absolute Gasteiger partial charge is 0.192 e. The van der Waals surface area contributed by atoms with Gasteiger partial charge in [0.1, 0.15) is 0 Å². The van der Waals surface area contributed by atoms with E-state index in [1.807, 2.05) is 0 Å². The van der Waals surface area contributed by atoms with Crippen LogP contribution in [-0.4, -0.2) is 19.8 Å². The summed E-state index contributed by atoms with van der Waals surface area (Å²) in [5.74, 6) is 0.102. The van der Waals surface area contributed by atoms with E-state index in [-0.39, 0.29) is 10.8 Å². The van der Waals surface area contributed by atoms with E-state index >= 15 is 0 Å². The quantitative estimate of drug-likeness (QED) is 0.593. The number of nitrogens with zero attached hydrogens (tertiary/aromatic N) is 2. The first-order chi connectivity index (χ1) is 4.77. The lowest BCUT2D eigenvalue weighted by Gasteiger charge is -1.75. The molecule has 4 nitrogen and oxygen atoms in total. The predicted octanol–water partition coefficient (Wildman–Crippen LogP) is 0.807.